The zero-order chi connectivity index (χ0) is 14.1. The van der Waals surface area contributed by atoms with E-state index in [9.17, 15) is 4.79 Å². The second-order valence-electron chi connectivity index (χ2n) is 5.78. The van der Waals surface area contributed by atoms with Crippen molar-refractivity contribution in [3.63, 3.8) is 0 Å². The SMILES string of the molecule is COCCNCC(=O)NCC1CCN(CC(C)C)C1. The van der Waals surface area contributed by atoms with Gasteiger partial charge in [0.05, 0.1) is 13.2 Å². The molecule has 0 spiro atoms. The van der Waals surface area contributed by atoms with Gasteiger partial charge in [0, 0.05) is 33.3 Å². The van der Waals surface area contributed by atoms with Crippen molar-refractivity contribution in [2.45, 2.75) is 20.3 Å². The van der Waals surface area contributed by atoms with Gasteiger partial charge in [0.2, 0.25) is 5.91 Å². The number of ether oxygens (including phenoxy) is 1. The lowest BCUT2D eigenvalue weighted by Gasteiger charge is -2.18. The van der Waals surface area contributed by atoms with Crippen molar-refractivity contribution in [3.8, 4) is 0 Å². The molecule has 1 amide bonds. The minimum atomic E-state index is 0.0819. The van der Waals surface area contributed by atoms with Gasteiger partial charge >= 0.3 is 0 Å². The van der Waals surface area contributed by atoms with Gasteiger partial charge in [0.25, 0.3) is 0 Å². The fraction of sp³-hybridized carbons (Fsp3) is 0.929. The van der Waals surface area contributed by atoms with Crippen LogP contribution in [0, 0.1) is 11.8 Å². The third-order valence-electron chi connectivity index (χ3n) is 3.35. The maximum Gasteiger partial charge on any atom is 0.233 e. The van der Waals surface area contributed by atoms with Crippen molar-refractivity contribution < 1.29 is 9.53 Å². The zero-order valence-corrected chi connectivity index (χ0v) is 12.6. The highest BCUT2D eigenvalue weighted by Gasteiger charge is 2.22. The Morgan fingerprint density at radius 1 is 1.47 bits per heavy atom. The lowest BCUT2D eigenvalue weighted by molar-refractivity contribution is -0.120. The molecular weight excluding hydrogens is 242 g/mol. The largest absolute Gasteiger partial charge is 0.383 e. The molecule has 1 heterocycles. The summed E-state index contributed by atoms with van der Waals surface area (Å²) in [6.07, 6.45) is 1.20. The molecule has 0 aliphatic carbocycles. The number of nitrogens with zero attached hydrogens (tertiary/aromatic N) is 1. The second kappa shape index (κ2) is 9.28. The first-order chi connectivity index (χ1) is 9.11. The number of nitrogens with one attached hydrogen (secondary N) is 2. The molecule has 0 saturated carbocycles. The maximum absolute atomic E-state index is 11.6. The standard InChI is InChI=1S/C14H29N3O2/c1-12(2)10-17-6-4-13(11-17)8-16-14(18)9-15-5-7-19-3/h12-13,15H,4-11H2,1-3H3,(H,16,18). The molecule has 5 heteroatoms. The van der Waals surface area contributed by atoms with Crippen LogP contribution in [0.2, 0.25) is 0 Å². The third-order valence-corrected chi connectivity index (χ3v) is 3.35. The molecule has 0 radical (unpaired) electrons. The van der Waals surface area contributed by atoms with E-state index >= 15 is 0 Å². The molecule has 1 saturated heterocycles. The Morgan fingerprint density at radius 3 is 2.95 bits per heavy atom. The van der Waals surface area contributed by atoms with E-state index in [2.05, 4.69) is 29.4 Å². The molecular formula is C14H29N3O2. The van der Waals surface area contributed by atoms with Gasteiger partial charge in [-0.1, -0.05) is 13.8 Å². The highest BCUT2D eigenvalue weighted by Crippen LogP contribution is 2.16. The summed E-state index contributed by atoms with van der Waals surface area (Å²) in [5.74, 6) is 1.42. The number of likely N-dealkylation sites (tertiary alicyclic amines) is 1. The summed E-state index contributed by atoms with van der Waals surface area (Å²) in [6.45, 7) is 10.5. The molecule has 19 heavy (non-hydrogen) atoms. The van der Waals surface area contributed by atoms with Crippen LogP contribution in [0.3, 0.4) is 0 Å². The van der Waals surface area contributed by atoms with Crippen LogP contribution >= 0.6 is 0 Å². The Morgan fingerprint density at radius 2 is 2.26 bits per heavy atom. The van der Waals surface area contributed by atoms with Gasteiger partial charge in [0.15, 0.2) is 0 Å². The number of methoxy groups -OCH3 is 1. The summed E-state index contributed by atoms with van der Waals surface area (Å²) in [5.41, 5.74) is 0. The normalized spacial score (nSPS) is 20.1. The summed E-state index contributed by atoms with van der Waals surface area (Å²) < 4.78 is 4.91. The van der Waals surface area contributed by atoms with E-state index in [1.165, 1.54) is 19.5 Å². The molecule has 1 aliphatic rings. The molecule has 0 bridgehead atoms. The lowest BCUT2D eigenvalue weighted by atomic mass is 10.1. The van der Waals surface area contributed by atoms with Crippen molar-refractivity contribution in [1.29, 1.82) is 0 Å². The Balaban J connectivity index is 2.04. The Hall–Kier alpha value is -0.650. The zero-order valence-electron chi connectivity index (χ0n) is 12.6. The van der Waals surface area contributed by atoms with Crippen LogP contribution in [-0.2, 0) is 9.53 Å². The van der Waals surface area contributed by atoms with Gasteiger partial charge in [-0.05, 0) is 24.8 Å². The fourth-order valence-electron chi connectivity index (χ4n) is 2.46. The van der Waals surface area contributed by atoms with Gasteiger partial charge in [0.1, 0.15) is 0 Å². The van der Waals surface area contributed by atoms with Gasteiger partial charge < -0.3 is 20.3 Å². The molecule has 2 N–H and O–H groups in total. The predicted molar refractivity (Wildman–Crippen MR) is 77.1 cm³/mol. The Labute approximate surface area is 117 Å². The van der Waals surface area contributed by atoms with Crippen LogP contribution < -0.4 is 10.6 Å². The number of hydrogen-bond donors (Lipinski definition) is 2. The van der Waals surface area contributed by atoms with Crippen molar-refractivity contribution >= 4 is 5.91 Å². The number of carbonyl (C=O) groups is 1. The quantitative estimate of drug-likeness (QED) is 0.593. The first-order valence-corrected chi connectivity index (χ1v) is 7.30. The van der Waals surface area contributed by atoms with Crippen LogP contribution in [0.1, 0.15) is 20.3 Å². The molecule has 1 unspecified atom stereocenters. The molecule has 5 nitrogen and oxygen atoms in total. The van der Waals surface area contributed by atoms with E-state index in [4.69, 9.17) is 4.74 Å². The number of hydrogen-bond acceptors (Lipinski definition) is 4. The number of rotatable bonds is 9. The summed E-state index contributed by atoms with van der Waals surface area (Å²) in [4.78, 5) is 14.1. The van der Waals surface area contributed by atoms with Crippen molar-refractivity contribution in [1.82, 2.24) is 15.5 Å². The van der Waals surface area contributed by atoms with Gasteiger partial charge in [-0.3, -0.25) is 4.79 Å². The van der Waals surface area contributed by atoms with Gasteiger partial charge in [-0.15, -0.1) is 0 Å². The highest BCUT2D eigenvalue weighted by atomic mass is 16.5. The van der Waals surface area contributed by atoms with E-state index in [0.717, 1.165) is 25.6 Å². The molecule has 1 rings (SSSR count). The van der Waals surface area contributed by atoms with Crippen molar-refractivity contribution in [3.05, 3.63) is 0 Å². The monoisotopic (exact) mass is 271 g/mol. The Kier molecular flexibility index (Phi) is 8.02. The van der Waals surface area contributed by atoms with Crippen molar-refractivity contribution in [2.24, 2.45) is 11.8 Å². The van der Waals surface area contributed by atoms with Crippen molar-refractivity contribution in [2.75, 3.05) is 53.0 Å². The van der Waals surface area contributed by atoms with E-state index in [0.29, 0.717) is 19.1 Å². The minimum absolute atomic E-state index is 0.0819. The molecule has 0 aromatic heterocycles. The van der Waals surface area contributed by atoms with E-state index in [1.807, 2.05) is 0 Å². The smallest absolute Gasteiger partial charge is 0.233 e. The molecule has 0 aromatic carbocycles. The summed E-state index contributed by atoms with van der Waals surface area (Å²) in [5, 5.41) is 6.06. The summed E-state index contributed by atoms with van der Waals surface area (Å²) >= 11 is 0. The highest BCUT2D eigenvalue weighted by molar-refractivity contribution is 5.77. The molecule has 0 aromatic rings. The minimum Gasteiger partial charge on any atom is -0.383 e. The average Bonchev–Trinajstić information content (AvgIpc) is 2.79. The first kappa shape index (κ1) is 16.4. The van der Waals surface area contributed by atoms with Crippen LogP contribution in [-0.4, -0.2) is 63.8 Å². The van der Waals surface area contributed by atoms with E-state index < -0.39 is 0 Å². The number of amides is 1. The topological polar surface area (TPSA) is 53.6 Å². The van der Waals surface area contributed by atoms with Gasteiger partial charge in [-0.2, -0.15) is 0 Å². The van der Waals surface area contributed by atoms with Crippen LogP contribution in [0.5, 0.6) is 0 Å². The molecule has 1 aliphatic heterocycles. The second-order valence-corrected chi connectivity index (χ2v) is 5.78. The maximum atomic E-state index is 11.6. The van der Waals surface area contributed by atoms with Gasteiger partial charge in [-0.25, -0.2) is 0 Å². The molecule has 112 valence electrons. The molecule has 1 atom stereocenters. The lowest BCUT2D eigenvalue weighted by Crippen LogP contribution is -2.38. The van der Waals surface area contributed by atoms with E-state index in [1.54, 1.807) is 7.11 Å². The van der Waals surface area contributed by atoms with Crippen LogP contribution in [0.4, 0.5) is 0 Å². The number of carbonyl (C=O) groups excluding carboxylic acids is 1. The first-order valence-electron chi connectivity index (χ1n) is 7.30. The summed E-state index contributed by atoms with van der Waals surface area (Å²) in [6, 6.07) is 0. The average molecular weight is 271 g/mol. The molecule has 1 fully saturated rings. The predicted octanol–water partition coefficient (Wildman–Crippen LogP) is 0.317. The third kappa shape index (κ3) is 7.50. The summed E-state index contributed by atoms with van der Waals surface area (Å²) in [7, 11) is 1.66. The fourth-order valence-corrected chi connectivity index (χ4v) is 2.46. The van der Waals surface area contributed by atoms with Crippen LogP contribution in [0.15, 0.2) is 0 Å². The van der Waals surface area contributed by atoms with Crippen LogP contribution in [0.25, 0.3) is 0 Å². The Bertz CT molecular complexity index is 259. The van der Waals surface area contributed by atoms with E-state index in [-0.39, 0.29) is 5.91 Å².